The summed E-state index contributed by atoms with van der Waals surface area (Å²) >= 11 is 1.69. The molecule has 1 aliphatic rings. The molecule has 6 nitrogen and oxygen atoms in total. The van der Waals surface area contributed by atoms with Gasteiger partial charge >= 0.3 is 0 Å². The van der Waals surface area contributed by atoms with E-state index < -0.39 is 10.0 Å². The largest absolute Gasteiger partial charge is 0.354 e. The Morgan fingerprint density at radius 3 is 2.25 bits per heavy atom. The van der Waals surface area contributed by atoms with Crippen molar-refractivity contribution in [2.75, 3.05) is 33.7 Å². The van der Waals surface area contributed by atoms with Crippen molar-refractivity contribution in [2.24, 2.45) is 5.92 Å². The molecule has 0 saturated carbocycles. The minimum atomic E-state index is -3.59. The number of nitrogens with zero attached hydrogens (tertiary/aromatic N) is 2. The van der Waals surface area contributed by atoms with Crippen LogP contribution in [0.25, 0.3) is 0 Å². The van der Waals surface area contributed by atoms with Crippen LogP contribution in [0.15, 0.2) is 28.5 Å². The Hall–Kier alpha value is -1.74. The van der Waals surface area contributed by atoms with E-state index in [0.29, 0.717) is 37.4 Å². The normalized spacial score (nSPS) is 17.0. The Kier molecular flexibility index (Phi) is 7.81. The quantitative estimate of drug-likeness (QED) is 0.659. The minimum Gasteiger partial charge on any atom is -0.354 e. The summed E-state index contributed by atoms with van der Waals surface area (Å²) in [4.78, 5) is 16.6. The molecule has 1 aliphatic heterocycles. The molecule has 1 N–H and O–H groups in total. The van der Waals surface area contributed by atoms with Gasteiger partial charge < -0.3 is 10.2 Å². The van der Waals surface area contributed by atoms with Gasteiger partial charge in [-0.15, -0.1) is 11.3 Å². The van der Waals surface area contributed by atoms with Crippen LogP contribution in [0.3, 0.4) is 0 Å². The van der Waals surface area contributed by atoms with Gasteiger partial charge in [0.05, 0.1) is 10.9 Å². The highest BCUT2D eigenvalue weighted by Gasteiger charge is 2.34. The lowest BCUT2D eigenvalue weighted by atomic mass is 9.97. The molecular formula is C24H35N3O3S2. The molecule has 8 heteroatoms. The monoisotopic (exact) mass is 477 g/mol. The third-order valence-corrected chi connectivity index (χ3v) is 9.83. The number of benzene rings is 1. The highest BCUT2D eigenvalue weighted by atomic mass is 32.2. The zero-order chi connectivity index (χ0) is 23.6. The van der Waals surface area contributed by atoms with Crippen LogP contribution in [0.4, 0.5) is 0 Å². The van der Waals surface area contributed by atoms with Crippen LogP contribution in [-0.4, -0.2) is 57.3 Å². The molecule has 176 valence electrons. The van der Waals surface area contributed by atoms with Crippen LogP contribution in [0.1, 0.15) is 46.0 Å². The SMILES string of the molecule is Cc1cc(C)c(C)c(S(=O)(=O)N2CCC(C(=O)NCC(c3cccs3)N(C)C)CC2)c1C. The molecule has 1 unspecified atom stereocenters. The number of carbonyl (C=O) groups excluding carboxylic acids is 1. The van der Waals surface area contributed by atoms with Crippen molar-refractivity contribution >= 4 is 27.3 Å². The van der Waals surface area contributed by atoms with Crippen LogP contribution in [0.2, 0.25) is 0 Å². The molecule has 0 spiro atoms. The molecule has 0 aliphatic carbocycles. The molecule has 2 aromatic rings. The second-order valence-corrected chi connectivity index (χ2v) is 11.9. The molecule has 1 aromatic carbocycles. The number of amides is 1. The third kappa shape index (κ3) is 5.09. The van der Waals surface area contributed by atoms with Gasteiger partial charge in [-0.3, -0.25) is 4.79 Å². The first-order chi connectivity index (χ1) is 15.0. The van der Waals surface area contributed by atoms with Gasteiger partial charge in [0.2, 0.25) is 15.9 Å². The summed E-state index contributed by atoms with van der Waals surface area (Å²) in [5, 5.41) is 5.14. The van der Waals surface area contributed by atoms with Crippen molar-refractivity contribution in [2.45, 2.75) is 51.5 Å². The van der Waals surface area contributed by atoms with Crippen molar-refractivity contribution < 1.29 is 13.2 Å². The molecule has 3 rings (SSSR count). The maximum absolute atomic E-state index is 13.5. The van der Waals surface area contributed by atoms with E-state index in [-0.39, 0.29) is 17.9 Å². The highest BCUT2D eigenvalue weighted by molar-refractivity contribution is 7.89. The zero-order valence-electron chi connectivity index (χ0n) is 19.9. The molecular weight excluding hydrogens is 442 g/mol. The number of thiophene rings is 1. The predicted octanol–water partition coefficient (Wildman–Crippen LogP) is 3.80. The van der Waals surface area contributed by atoms with Gasteiger partial charge in [0, 0.05) is 30.4 Å². The highest BCUT2D eigenvalue weighted by Crippen LogP contribution is 2.31. The number of likely N-dealkylation sites (N-methyl/N-ethyl adjacent to an activating group) is 1. The molecule has 1 fully saturated rings. The number of carbonyl (C=O) groups is 1. The van der Waals surface area contributed by atoms with E-state index in [0.717, 1.165) is 22.3 Å². The summed E-state index contributed by atoms with van der Waals surface area (Å²) in [6.45, 7) is 8.95. The summed E-state index contributed by atoms with van der Waals surface area (Å²) in [6.07, 6.45) is 1.08. The standard InChI is InChI=1S/C24H35N3O3S2/c1-16-14-17(2)19(4)23(18(16)3)32(29,30)27-11-9-20(10-12-27)24(28)25-15-21(26(5)6)22-8-7-13-31-22/h7-8,13-14,20-21H,9-12,15H2,1-6H3,(H,25,28). The lowest BCUT2D eigenvalue weighted by Gasteiger charge is -2.32. The Labute approximate surface area is 196 Å². The topological polar surface area (TPSA) is 69.7 Å². The molecule has 1 atom stereocenters. The molecule has 2 heterocycles. The van der Waals surface area contributed by atoms with Gasteiger partial charge in [0.15, 0.2) is 0 Å². The molecule has 1 saturated heterocycles. The van der Waals surface area contributed by atoms with E-state index >= 15 is 0 Å². The number of rotatable bonds is 7. The van der Waals surface area contributed by atoms with Crippen LogP contribution in [0, 0.1) is 33.6 Å². The summed E-state index contributed by atoms with van der Waals surface area (Å²) in [6, 6.07) is 6.28. The number of hydrogen-bond donors (Lipinski definition) is 1. The average Bonchev–Trinajstić information content (AvgIpc) is 3.26. The van der Waals surface area contributed by atoms with Crippen LogP contribution in [-0.2, 0) is 14.8 Å². The first-order valence-corrected chi connectivity index (χ1v) is 13.4. The lowest BCUT2D eigenvalue weighted by molar-refractivity contribution is -0.126. The summed E-state index contributed by atoms with van der Waals surface area (Å²) < 4.78 is 28.5. The van der Waals surface area contributed by atoms with Gasteiger partial charge in [0.1, 0.15) is 0 Å². The van der Waals surface area contributed by atoms with Crippen LogP contribution >= 0.6 is 11.3 Å². The number of nitrogens with one attached hydrogen (secondary N) is 1. The number of hydrogen-bond acceptors (Lipinski definition) is 5. The fourth-order valence-corrected chi connectivity index (χ4v) is 7.38. The Balaban J connectivity index is 1.64. The number of aryl methyl sites for hydroxylation is 2. The van der Waals surface area contributed by atoms with Gasteiger partial charge in [-0.1, -0.05) is 12.1 Å². The maximum Gasteiger partial charge on any atom is 0.243 e. The molecule has 0 bridgehead atoms. The number of piperidine rings is 1. The van der Waals surface area contributed by atoms with Crippen molar-refractivity contribution in [1.29, 1.82) is 0 Å². The number of sulfonamides is 1. The van der Waals surface area contributed by atoms with E-state index in [4.69, 9.17) is 0 Å². The van der Waals surface area contributed by atoms with Crippen molar-refractivity contribution in [3.63, 3.8) is 0 Å². The maximum atomic E-state index is 13.5. The van der Waals surface area contributed by atoms with Crippen LogP contribution < -0.4 is 5.32 Å². The fourth-order valence-electron chi connectivity index (χ4n) is 4.42. The summed E-state index contributed by atoms with van der Waals surface area (Å²) in [5.41, 5.74) is 3.61. The Morgan fingerprint density at radius 1 is 1.16 bits per heavy atom. The first-order valence-electron chi connectivity index (χ1n) is 11.1. The Bertz CT molecular complexity index is 1030. The van der Waals surface area contributed by atoms with E-state index in [2.05, 4.69) is 16.3 Å². The second-order valence-electron chi connectivity index (χ2n) is 9.01. The smallest absolute Gasteiger partial charge is 0.243 e. The molecule has 32 heavy (non-hydrogen) atoms. The van der Waals surface area contributed by atoms with Crippen LogP contribution in [0.5, 0.6) is 0 Å². The van der Waals surface area contributed by atoms with E-state index in [1.807, 2.05) is 59.3 Å². The Morgan fingerprint density at radius 2 is 1.75 bits per heavy atom. The third-order valence-electron chi connectivity index (χ3n) is 6.68. The summed E-state index contributed by atoms with van der Waals surface area (Å²) in [5.74, 6) is -0.141. The van der Waals surface area contributed by atoms with Crippen molar-refractivity contribution in [1.82, 2.24) is 14.5 Å². The van der Waals surface area contributed by atoms with Gasteiger partial charge in [-0.25, -0.2) is 8.42 Å². The van der Waals surface area contributed by atoms with Gasteiger partial charge in [0.25, 0.3) is 0 Å². The molecule has 1 amide bonds. The van der Waals surface area contributed by atoms with Gasteiger partial charge in [-0.05, 0) is 88.3 Å². The first kappa shape index (κ1) is 24.9. The second kappa shape index (κ2) is 10.0. The van der Waals surface area contributed by atoms with Gasteiger partial charge in [-0.2, -0.15) is 4.31 Å². The fraction of sp³-hybridized carbons (Fsp3) is 0.542. The molecule has 0 radical (unpaired) electrons. The lowest BCUT2D eigenvalue weighted by Crippen LogP contribution is -2.44. The van der Waals surface area contributed by atoms with E-state index in [1.54, 1.807) is 15.6 Å². The molecule has 1 aromatic heterocycles. The van der Waals surface area contributed by atoms with E-state index in [9.17, 15) is 13.2 Å². The summed E-state index contributed by atoms with van der Waals surface area (Å²) in [7, 11) is 0.434. The predicted molar refractivity (Wildman–Crippen MR) is 131 cm³/mol. The van der Waals surface area contributed by atoms with E-state index in [1.165, 1.54) is 4.88 Å². The average molecular weight is 478 g/mol. The zero-order valence-corrected chi connectivity index (χ0v) is 21.6. The van der Waals surface area contributed by atoms with Crippen molar-refractivity contribution in [3.8, 4) is 0 Å². The van der Waals surface area contributed by atoms with Crippen molar-refractivity contribution in [3.05, 3.63) is 50.7 Å². The minimum absolute atomic E-state index is 0.0178.